The lowest BCUT2D eigenvalue weighted by atomic mass is 10.1. The fraction of sp³-hybridized carbons (Fsp3) is 0.429. The molecule has 0 spiro atoms. The molecule has 1 amide bonds. The van der Waals surface area contributed by atoms with E-state index >= 15 is 0 Å². The van der Waals surface area contributed by atoms with Gasteiger partial charge in [0.15, 0.2) is 9.84 Å². The first-order valence-corrected chi connectivity index (χ1v) is 8.79. The molecule has 1 aromatic carbocycles. The number of carbonyl (C=O) groups is 2. The number of hydrogen-bond acceptors (Lipinski definition) is 4. The second-order valence-corrected chi connectivity index (χ2v) is 8.83. The van der Waals surface area contributed by atoms with E-state index in [9.17, 15) is 18.0 Å². The lowest BCUT2D eigenvalue weighted by Gasteiger charge is -2.24. The Bertz CT molecular complexity index is 667. The van der Waals surface area contributed by atoms with Crippen LogP contribution in [-0.2, 0) is 19.4 Å². The summed E-state index contributed by atoms with van der Waals surface area (Å²) in [5.41, 5.74) is 0. The number of carbonyl (C=O) groups excluding carboxylic acids is 1. The smallest absolute Gasteiger partial charge is 0.308 e. The van der Waals surface area contributed by atoms with Crippen molar-refractivity contribution in [1.82, 2.24) is 5.32 Å². The molecule has 0 saturated heterocycles. The Hall–Kier alpha value is -1.41. The Morgan fingerprint density at radius 1 is 1.27 bits per heavy atom. The van der Waals surface area contributed by atoms with Crippen LogP contribution in [0.25, 0.3) is 0 Å². The molecule has 0 bridgehead atoms. The van der Waals surface area contributed by atoms with Crippen LogP contribution in [0.4, 0.5) is 0 Å². The van der Waals surface area contributed by atoms with Crippen molar-refractivity contribution in [3.8, 4) is 0 Å². The monoisotopic (exact) mass is 391 g/mol. The maximum Gasteiger partial charge on any atom is 0.308 e. The van der Waals surface area contributed by atoms with Crippen molar-refractivity contribution in [2.24, 2.45) is 5.92 Å². The lowest BCUT2D eigenvalue weighted by Crippen LogP contribution is -2.49. The zero-order chi connectivity index (χ0) is 17.1. The molecule has 0 aliphatic carbocycles. The number of benzene rings is 1. The Balaban J connectivity index is 2.98. The molecule has 0 aliphatic heterocycles. The van der Waals surface area contributed by atoms with Crippen molar-refractivity contribution in [3.63, 3.8) is 0 Å². The number of hydrogen-bond donors (Lipinski definition) is 2. The molecule has 1 unspecified atom stereocenters. The average Bonchev–Trinajstić information content (AvgIpc) is 2.44. The molecule has 2 N–H and O–H groups in total. The predicted octanol–water partition coefficient (Wildman–Crippen LogP) is 1.84. The quantitative estimate of drug-likeness (QED) is 0.770. The highest BCUT2D eigenvalue weighted by atomic mass is 79.9. The number of sulfone groups is 1. The first kappa shape index (κ1) is 18.6. The number of amides is 1. The SMILES string of the molecule is CC(CNC(=O)C(C)(C)S(=O)(=O)c1ccc(Br)cc1)C(=O)O. The molecular formula is C14H18BrNO5S. The summed E-state index contributed by atoms with van der Waals surface area (Å²) in [6.07, 6.45) is 0. The summed E-state index contributed by atoms with van der Waals surface area (Å²) in [5.74, 6) is -2.59. The average molecular weight is 392 g/mol. The largest absolute Gasteiger partial charge is 0.481 e. The van der Waals surface area contributed by atoms with Crippen LogP contribution in [0.2, 0.25) is 0 Å². The fourth-order valence-electron chi connectivity index (χ4n) is 1.58. The zero-order valence-corrected chi connectivity index (χ0v) is 14.9. The standard InChI is InChI=1S/C14H18BrNO5S/c1-9(12(17)18)8-16-13(19)14(2,3)22(20,21)11-6-4-10(15)5-7-11/h4-7,9H,8H2,1-3H3,(H,16,19)(H,17,18). The molecule has 0 saturated carbocycles. The summed E-state index contributed by atoms with van der Waals surface area (Å²) in [7, 11) is -3.90. The van der Waals surface area contributed by atoms with Crippen LogP contribution in [0.1, 0.15) is 20.8 Å². The predicted molar refractivity (Wildman–Crippen MR) is 85.2 cm³/mol. The molecule has 0 aliphatic rings. The molecule has 0 radical (unpaired) electrons. The van der Waals surface area contributed by atoms with Crippen molar-refractivity contribution in [3.05, 3.63) is 28.7 Å². The maximum atomic E-state index is 12.6. The van der Waals surface area contributed by atoms with E-state index in [0.29, 0.717) is 0 Å². The molecule has 8 heteroatoms. The van der Waals surface area contributed by atoms with Gasteiger partial charge in [0.05, 0.1) is 10.8 Å². The van der Waals surface area contributed by atoms with Crippen molar-refractivity contribution < 1.29 is 23.1 Å². The maximum absolute atomic E-state index is 12.6. The third kappa shape index (κ3) is 3.86. The Morgan fingerprint density at radius 3 is 2.23 bits per heavy atom. The lowest BCUT2D eigenvalue weighted by molar-refractivity contribution is -0.141. The van der Waals surface area contributed by atoms with Crippen molar-refractivity contribution in [2.45, 2.75) is 30.4 Å². The van der Waals surface area contributed by atoms with E-state index in [1.165, 1.54) is 32.9 Å². The van der Waals surface area contributed by atoms with Gasteiger partial charge >= 0.3 is 5.97 Å². The number of halogens is 1. The highest BCUT2D eigenvalue weighted by molar-refractivity contribution is 9.10. The molecule has 6 nitrogen and oxygen atoms in total. The summed E-state index contributed by atoms with van der Waals surface area (Å²) >= 11 is 3.22. The summed E-state index contributed by atoms with van der Waals surface area (Å²) in [4.78, 5) is 23.0. The van der Waals surface area contributed by atoms with Crippen molar-refractivity contribution in [2.75, 3.05) is 6.54 Å². The van der Waals surface area contributed by atoms with E-state index in [1.54, 1.807) is 12.1 Å². The van der Waals surface area contributed by atoms with E-state index < -0.39 is 32.4 Å². The van der Waals surface area contributed by atoms with Gasteiger partial charge < -0.3 is 10.4 Å². The van der Waals surface area contributed by atoms with E-state index in [4.69, 9.17) is 5.11 Å². The first-order valence-electron chi connectivity index (χ1n) is 6.51. The van der Waals surface area contributed by atoms with E-state index in [2.05, 4.69) is 21.2 Å². The highest BCUT2D eigenvalue weighted by Crippen LogP contribution is 2.26. The van der Waals surface area contributed by atoms with Crippen LogP contribution in [-0.4, -0.2) is 36.7 Å². The van der Waals surface area contributed by atoms with Gasteiger partial charge in [0.1, 0.15) is 4.75 Å². The van der Waals surface area contributed by atoms with Gasteiger partial charge in [-0.15, -0.1) is 0 Å². The number of carboxylic acids is 1. The second kappa shape index (κ2) is 6.78. The molecule has 0 aromatic heterocycles. The molecule has 1 atom stereocenters. The Labute approximate surface area is 138 Å². The molecule has 1 aromatic rings. The van der Waals surface area contributed by atoms with Gasteiger partial charge in [-0.25, -0.2) is 8.42 Å². The van der Waals surface area contributed by atoms with Gasteiger partial charge in [-0.3, -0.25) is 9.59 Å². The summed E-state index contributed by atoms with van der Waals surface area (Å²) in [6, 6.07) is 5.98. The number of carboxylic acid groups (broad SMARTS) is 1. The molecule has 1 rings (SSSR count). The molecule has 122 valence electrons. The van der Waals surface area contributed by atoms with Crippen LogP contribution in [0.5, 0.6) is 0 Å². The Kier molecular flexibility index (Phi) is 5.75. The van der Waals surface area contributed by atoms with Crippen LogP contribution in [0.3, 0.4) is 0 Å². The van der Waals surface area contributed by atoms with Gasteiger partial charge in [0.25, 0.3) is 0 Å². The summed E-state index contributed by atoms with van der Waals surface area (Å²) in [5, 5.41) is 11.2. The van der Waals surface area contributed by atoms with Crippen molar-refractivity contribution >= 4 is 37.6 Å². The first-order chi connectivity index (χ1) is 10.00. The number of nitrogens with one attached hydrogen (secondary N) is 1. The van der Waals surface area contributed by atoms with Crippen LogP contribution in [0.15, 0.2) is 33.6 Å². The number of aliphatic carboxylic acids is 1. The summed E-state index contributed by atoms with van der Waals surface area (Å²) < 4.78 is 24.2. The fourth-order valence-corrected chi connectivity index (χ4v) is 3.24. The molecule has 22 heavy (non-hydrogen) atoms. The van der Waals surface area contributed by atoms with Crippen LogP contribution in [0, 0.1) is 5.92 Å². The van der Waals surface area contributed by atoms with Gasteiger partial charge in [0, 0.05) is 11.0 Å². The normalized spacial score (nSPS) is 13.5. The van der Waals surface area contributed by atoms with Crippen LogP contribution >= 0.6 is 15.9 Å². The summed E-state index contributed by atoms with van der Waals surface area (Å²) in [6.45, 7) is 3.89. The van der Waals surface area contributed by atoms with Gasteiger partial charge in [-0.05, 0) is 38.1 Å². The third-order valence-electron chi connectivity index (χ3n) is 3.33. The molecule has 0 heterocycles. The van der Waals surface area contributed by atoms with Gasteiger partial charge in [-0.1, -0.05) is 22.9 Å². The van der Waals surface area contributed by atoms with Crippen LogP contribution < -0.4 is 5.32 Å². The van der Waals surface area contributed by atoms with E-state index in [0.717, 1.165) is 4.47 Å². The topological polar surface area (TPSA) is 101 Å². The molecular weight excluding hydrogens is 374 g/mol. The Morgan fingerprint density at radius 2 is 1.77 bits per heavy atom. The zero-order valence-electron chi connectivity index (χ0n) is 12.5. The third-order valence-corrected chi connectivity index (χ3v) is 6.28. The minimum atomic E-state index is -3.90. The van der Waals surface area contributed by atoms with Crippen molar-refractivity contribution in [1.29, 1.82) is 0 Å². The van der Waals surface area contributed by atoms with Gasteiger partial charge in [-0.2, -0.15) is 0 Å². The minimum Gasteiger partial charge on any atom is -0.481 e. The van der Waals surface area contributed by atoms with Gasteiger partial charge in [0.2, 0.25) is 5.91 Å². The highest BCUT2D eigenvalue weighted by Gasteiger charge is 2.42. The second-order valence-electron chi connectivity index (χ2n) is 5.42. The minimum absolute atomic E-state index is 0.0298. The van der Waals surface area contributed by atoms with E-state index in [-0.39, 0.29) is 11.4 Å². The number of rotatable bonds is 6. The van der Waals surface area contributed by atoms with E-state index in [1.807, 2.05) is 0 Å². The molecule has 0 fully saturated rings.